The minimum atomic E-state index is 0.558. The molecule has 0 aliphatic heterocycles. The van der Waals surface area contributed by atoms with Crippen LogP contribution in [0, 0.1) is 6.92 Å². The zero-order valence-corrected chi connectivity index (χ0v) is 12.0. The van der Waals surface area contributed by atoms with Gasteiger partial charge in [0.2, 0.25) is 0 Å². The summed E-state index contributed by atoms with van der Waals surface area (Å²) in [6.07, 6.45) is 5.34. The maximum Gasteiger partial charge on any atom is 0.0449 e. The Morgan fingerprint density at radius 2 is 2.19 bits per heavy atom. The van der Waals surface area contributed by atoms with Gasteiger partial charge in [0.15, 0.2) is 0 Å². The predicted octanol–water partition coefficient (Wildman–Crippen LogP) is 3.47. The number of nitrogens with zero attached hydrogens (tertiary/aromatic N) is 1. The van der Waals surface area contributed by atoms with E-state index in [0.29, 0.717) is 6.04 Å². The van der Waals surface area contributed by atoms with Gasteiger partial charge in [0.1, 0.15) is 0 Å². The van der Waals surface area contributed by atoms with Crippen molar-refractivity contribution in [1.82, 2.24) is 10.3 Å². The number of rotatable bonds is 6. The van der Waals surface area contributed by atoms with Crippen molar-refractivity contribution < 1.29 is 0 Å². The molecule has 0 saturated carbocycles. The zero-order chi connectivity index (χ0) is 12.0. The first-order chi connectivity index (χ1) is 7.67. The Bertz CT molecular complexity index is 320. The smallest absolute Gasteiger partial charge is 0.0449 e. The Hall–Kier alpha value is -0.410. The van der Waals surface area contributed by atoms with Gasteiger partial charge in [-0.05, 0) is 47.4 Å². The second-order valence-corrected chi connectivity index (χ2v) is 5.08. The molecule has 0 amide bonds. The SMILES string of the molecule is CCCC(Cc1ncc(Br)cc1C)NCC. The fourth-order valence-electron chi connectivity index (χ4n) is 1.93. The number of halogens is 1. The Morgan fingerprint density at radius 3 is 2.75 bits per heavy atom. The molecule has 2 nitrogen and oxygen atoms in total. The van der Waals surface area contributed by atoms with Crippen LogP contribution in [0.25, 0.3) is 0 Å². The lowest BCUT2D eigenvalue weighted by Gasteiger charge is -2.17. The van der Waals surface area contributed by atoms with Gasteiger partial charge in [0, 0.05) is 28.8 Å². The van der Waals surface area contributed by atoms with Crippen molar-refractivity contribution in [3.05, 3.63) is 28.0 Å². The van der Waals surface area contributed by atoms with Crippen molar-refractivity contribution >= 4 is 15.9 Å². The van der Waals surface area contributed by atoms with Crippen molar-refractivity contribution in [2.45, 2.75) is 46.1 Å². The molecule has 1 unspecified atom stereocenters. The maximum atomic E-state index is 4.50. The Balaban J connectivity index is 2.68. The van der Waals surface area contributed by atoms with Crippen LogP contribution in [0.1, 0.15) is 37.9 Å². The molecule has 0 saturated heterocycles. The summed E-state index contributed by atoms with van der Waals surface area (Å²) in [5, 5.41) is 3.52. The summed E-state index contributed by atoms with van der Waals surface area (Å²) in [5.41, 5.74) is 2.48. The van der Waals surface area contributed by atoms with Crippen LogP contribution < -0.4 is 5.32 Å². The van der Waals surface area contributed by atoms with Gasteiger partial charge in [-0.1, -0.05) is 20.3 Å². The maximum absolute atomic E-state index is 4.50. The van der Waals surface area contributed by atoms with Gasteiger partial charge >= 0.3 is 0 Å². The van der Waals surface area contributed by atoms with Crippen LogP contribution in [0.4, 0.5) is 0 Å². The lowest BCUT2D eigenvalue weighted by atomic mass is 10.0. The minimum absolute atomic E-state index is 0.558. The van der Waals surface area contributed by atoms with E-state index in [1.54, 1.807) is 0 Å². The van der Waals surface area contributed by atoms with Gasteiger partial charge in [-0.25, -0.2) is 0 Å². The van der Waals surface area contributed by atoms with Crippen molar-refractivity contribution in [3.63, 3.8) is 0 Å². The summed E-state index contributed by atoms with van der Waals surface area (Å²) in [5.74, 6) is 0. The Labute approximate surface area is 107 Å². The number of nitrogens with one attached hydrogen (secondary N) is 1. The first-order valence-electron chi connectivity index (χ1n) is 6.01. The summed E-state index contributed by atoms with van der Waals surface area (Å²) in [7, 11) is 0. The topological polar surface area (TPSA) is 24.9 Å². The van der Waals surface area contributed by atoms with Crippen molar-refractivity contribution in [3.8, 4) is 0 Å². The van der Waals surface area contributed by atoms with Crippen LogP contribution in [0.2, 0.25) is 0 Å². The summed E-state index contributed by atoms with van der Waals surface area (Å²) < 4.78 is 1.06. The third kappa shape index (κ3) is 4.22. The van der Waals surface area contributed by atoms with Crippen molar-refractivity contribution in [2.75, 3.05) is 6.54 Å². The molecular weight excluding hydrogens is 264 g/mol. The van der Waals surface area contributed by atoms with Crippen LogP contribution in [-0.2, 0) is 6.42 Å². The first-order valence-corrected chi connectivity index (χ1v) is 6.81. The van der Waals surface area contributed by atoms with Gasteiger partial charge in [-0.2, -0.15) is 0 Å². The highest BCUT2D eigenvalue weighted by molar-refractivity contribution is 9.10. The molecule has 3 heteroatoms. The number of pyridine rings is 1. The summed E-state index contributed by atoms with van der Waals surface area (Å²) in [4.78, 5) is 4.50. The molecule has 1 rings (SSSR count). The van der Waals surface area contributed by atoms with E-state index in [-0.39, 0.29) is 0 Å². The number of hydrogen-bond acceptors (Lipinski definition) is 2. The van der Waals surface area contributed by atoms with Gasteiger partial charge in [-0.3, -0.25) is 4.98 Å². The second kappa shape index (κ2) is 7.02. The number of hydrogen-bond donors (Lipinski definition) is 1. The van der Waals surface area contributed by atoms with E-state index in [1.807, 2.05) is 6.20 Å². The summed E-state index contributed by atoms with van der Waals surface area (Å²) in [6.45, 7) is 7.54. The van der Waals surface area contributed by atoms with Gasteiger partial charge in [0.25, 0.3) is 0 Å². The fraction of sp³-hybridized carbons (Fsp3) is 0.615. The molecule has 90 valence electrons. The monoisotopic (exact) mass is 284 g/mol. The predicted molar refractivity (Wildman–Crippen MR) is 72.8 cm³/mol. The molecule has 1 N–H and O–H groups in total. The molecule has 1 heterocycles. The molecule has 0 bridgehead atoms. The lowest BCUT2D eigenvalue weighted by Crippen LogP contribution is -2.31. The highest BCUT2D eigenvalue weighted by Gasteiger charge is 2.10. The van der Waals surface area contributed by atoms with Crippen LogP contribution in [0.15, 0.2) is 16.7 Å². The summed E-state index contributed by atoms with van der Waals surface area (Å²) >= 11 is 3.45. The molecule has 0 fully saturated rings. The molecule has 0 radical (unpaired) electrons. The van der Waals surface area contributed by atoms with Gasteiger partial charge < -0.3 is 5.32 Å². The molecule has 16 heavy (non-hydrogen) atoms. The molecular formula is C13H21BrN2. The largest absolute Gasteiger partial charge is 0.314 e. The van der Waals surface area contributed by atoms with Gasteiger partial charge in [0.05, 0.1) is 0 Å². The third-order valence-corrected chi connectivity index (χ3v) is 3.16. The van der Waals surface area contributed by atoms with Crippen LogP contribution in [-0.4, -0.2) is 17.6 Å². The molecule has 0 aromatic carbocycles. The number of aryl methyl sites for hydroxylation is 1. The molecule has 0 aliphatic rings. The van der Waals surface area contributed by atoms with E-state index in [4.69, 9.17) is 0 Å². The minimum Gasteiger partial charge on any atom is -0.314 e. The van der Waals surface area contributed by atoms with Crippen molar-refractivity contribution in [1.29, 1.82) is 0 Å². The number of likely N-dealkylation sites (N-methyl/N-ethyl adjacent to an activating group) is 1. The third-order valence-electron chi connectivity index (χ3n) is 2.72. The van der Waals surface area contributed by atoms with E-state index in [0.717, 1.165) is 17.4 Å². The standard InChI is InChI=1S/C13H21BrN2/c1-4-6-12(15-5-2)8-13-10(3)7-11(14)9-16-13/h7,9,12,15H,4-6,8H2,1-3H3. The Morgan fingerprint density at radius 1 is 1.44 bits per heavy atom. The Kier molecular flexibility index (Phi) is 5.99. The van der Waals surface area contributed by atoms with E-state index >= 15 is 0 Å². The molecule has 1 aromatic rings. The highest BCUT2D eigenvalue weighted by atomic mass is 79.9. The average molecular weight is 285 g/mol. The molecule has 1 atom stereocenters. The van der Waals surface area contributed by atoms with E-state index < -0.39 is 0 Å². The highest BCUT2D eigenvalue weighted by Crippen LogP contribution is 2.15. The first kappa shape index (κ1) is 13.7. The normalized spacial score (nSPS) is 12.8. The van der Waals surface area contributed by atoms with Crippen molar-refractivity contribution in [2.24, 2.45) is 0 Å². The quantitative estimate of drug-likeness (QED) is 0.865. The second-order valence-electron chi connectivity index (χ2n) is 4.16. The van der Waals surface area contributed by atoms with Crippen LogP contribution in [0.5, 0.6) is 0 Å². The van der Waals surface area contributed by atoms with Crippen LogP contribution in [0.3, 0.4) is 0 Å². The molecule has 1 aromatic heterocycles. The van der Waals surface area contributed by atoms with E-state index in [1.165, 1.54) is 24.1 Å². The molecule has 0 aliphatic carbocycles. The average Bonchev–Trinajstić information content (AvgIpc) is 2.23. The van der Waals surface area contributed by atoms with E-state index in [2.05, 4.69) is 53.1 Å². The lowest BCUT2D eigenvalue weighted by molar-refractivity contribution is 0.481. The van der Waals surface area contributed by atoms with E-state index in [9.17, 15) is 0 Å². The fourth-order valence-corrected chi connectivity index (χ4v) is 2.38. The van der Waals surface area contributed by atoms with Gasteiger partial charge in [-0.15, -0.1) is 0 Å². The zero-order valence-electron chi connectivity index (χ0n) is 10.4. The van der Waals surface area contributed by atoms with Crippen LogP contribution >= 0.6 is 15.9 Å². The number of aromatic nitrogens is 1. The molecule has 0 spiro atoms. The summed E-state index contributed by atoms with van der Waals surface area (Å²) in [6, 6.07) is 2.69.